The van der Waals surface area contributed by atoms with Crippen molar-refractivity contribution in [1.29, 1.82) is 0 Å². The van der Waals surface area contributed by atoms with E-state index in [4.69, 9.17) is 9.37 Å². The number of nitrogens with zero attached hydrogens (tertiary/aromatic N) is 4. The first-order valence-electron chi connectivity index (χ1n) is 9.55. The molecule has 8 nitrogen and oxygen atoms in total. The highest BCUT2D eigenvalue weighted by molar-refractivity contribution is 5.97. The molecule has 144 valence electrons. The first-order valence-corrected chi connectivity index (χ1v) is 9.55. The molecule has 4 rings (SSSR count). The van der Waals surface area contributed by atoms with Crippen molar-refractivity contribution < 1.29 is 19.0 Å². The molecule has 2 atom stereocenters. The second-order valence-corrected chi connectivity index (χ2v) is 7.43. The molecule has 2 fully saturated rings. The summed E-state index contributed by atoms with van der Waals surface area (Å²) in [6.45, 7) is 6.01. The number of likely N-dealkylation sites (tertiary alicyclic amines) is 1. The minimum atomic E-state index is -0.214. The van der Waals surface area contributed by atoms with Gasteiger partial charge in [0, 0.05) is 24.7 Å². The summed E-state index contributed by atoms with van der Waals surface area (Å²) in [5.41, 5.74) is 1.79. The maximum atomic E-state index is 12.8. The van der Waals surface area contributed by atoms with Gasteiger partial charge in [0.25, 0.3) is 5.91 Å². The number of carbonyl (C=O) groups excluding carboxylic acids is 2. The molecule has 0 N–H and O–H groups in total. The van der Waals surface area contributed by atoms with Crippen LogP contribution in [0.25, 0.3) is 11.0 Å². The largest absolute Gasteiger partial charge is 0.447 e. The van der Waals surface area contributed by atoms with E-state index in [0.29, 0.717) is 42.2 Å². The maximum absolute atomic E-state index is 12.8. The van der Waals surface area contributed by atoms with Crippen molar-refractivity contribution in [2.45, 2.75) is 45.2 Å². The Bertz CT molecular complexity index is 843. The molecule has 1 aromatic carbocycles. The molecule has 1 aromatic heterocycles. The summed E-state index contributed by atoms with van der Waals surface area (Å²) >= 11 is 0. The Morgan fingerprint density at radius 1 is 1.26 bits per heavy atom. The monoisotopic (exact) mass is 372 g/mol. The fraction of sp³-hybridized carbons (Fsp3) is 0.579. The third kappa shape index (κ3) is 3.24. The van der Waals surface area contributed by atoms with Gasteiger partial charge in [-0.2, -0.15) is 0 Å². The Hall–Kier alpha value is -2.64. The second-order valence-electron chi connectivity index (χ2n) is 7.43. The zero-order valence-electron chi connectivity index (χ0n) is 15.6. The topological polar surface area (TPSA) is 88.8 Å². The standard InChI is InChI=1S/C19H24N4O4/c1-3-12(2)17-11-26-19(25)23(17)14-6-8-22(9-7-14)18(24)13-4-5-15-16(10-13)21-27-20-15/h4-5,10,12,14,17H,3,6-9,11H2,1-2H3. The van der Waals surface area contributed by atoms with Gasteiger partial charge in [0.15, 0.2) is 0 Å². The summed E-state index contributed by atoms with van der Waals surface area (Å²) in [6.07, 6.45) is 2.33. The van der Waals surface area contributed by atoms with Crippen molar-refractivity contribution in [3.05, 3.63) is 23.8 Å². The fourth-order valence-electron chi connectivity index (χ4n) is 4.02. The SMILES string of the molecule is CCC(C)C1COC(=O)N1C1CCN(C(=O)c2ccc3nonc3c2)CC1. The van der Waals surface area contributed by atoms with Crippen LogP contribution in [-0.2, 0) is 4.74 Å². The predicted molar refractivity (Wildman–Crippen MR) is 97.2 cm³/mol. The molecular formula is C19H24N4O4. The average molecular weight is 372 g/mol. The van der Waals surface area contributed by atoms with E-state index in [9.17, 15) is 9.59 Å². The lowest BCUT2D eigenvalue weighted by atomic mass is 9.95. The number of benzene rings is 1. The number of fused-ring (bicyclic) bond motifs is 1. The predicted octanol–water partition coefficient (Wildman–Crippen LogP) is 2.69. The van der Waals surface area contributed by atoms with Crippen LogP contribution in [0.1, 0.15) is 43.5 Å². The Morgan fingerprint density at radius 3 is 2.74 bits per heavy atom. The maximum Gasteiger partial charge on any atom is 0.410 e. The van der Waals surface area contributed by atoms with Crippen molar-refractivity contribution in [2.24, 2.45) is 5.92 Å². The molecule has 0 bridgehead atoms. The number of ether oxygens (including phenoxy) is 1. The van der Waals surface area contributed by atoms with Gasteiger partial charge >= 0.3 is 6.09 Å². The Labute approximate surface area is 157 Å². The van der Waals surface area contributed by atoms with Crippen LogP contribution in [0.5, 0.6) is 0 Å². The van der Waals surface area contributed by atoms with Gasteiger partial charge in [-0.15, -0.1) is 0 Å². The number of amides is 2. The molecule has 0 saturated carbocycles. The van der Waals surface area contributed by atoms with E-state index in [-0.39, 0.29) is 24.1 Å². The molecule has 0 aliphatic carbocycles. The van der Waals surface area contributed by atoms with E-state index in [1.807, 2.05) is 9.80 Å². The second kappa shape index (κ2) is 7.17. The minimum absolute atomic E-state index is 0.0270. The van der Waals surface area contributed by atoms with Crippen LogP contribution in [0.15, 0.2) is 22.8 Å². The van der Waals surface area contributed by atoms with E-state index in [1.165, 1.54) is 0 Å². The molecule has 8 heteroatoms. The quantitative estimate of drug-likeness (QED) is 0.820. The van der Waals surface area contributed by atoms with Gasteiger partial charge in [0.1, 0.15) is 17.6 Å². The highest BCUT2D eigenvalue weighted by atomic mass is 16.6. The lowest BCUT2D eigenvalue weighted by molar-refractivity contribution is 0.0615. The molecule has 2 saturated heterocycles. The highest BCUT2D eigenvalue weighted by Crippen LogP contribution is 2.29. The van der Waals surface area contributed by atoms with E-state index >= 15 is 0 Å². The van der Waals surface area contributed by atoms with Gasteiger partial charge in [-0.25, -0.2) is 9.42 Å². The van der Waals surface area contributed by atoms with Gasteiger partial charge in [-0.05, 0) is 47.3 Å². The molecule has 2 aliphatic heterocycles. The number of hydrogen-bond donors (Lipinski definition) is 0. The van der Waals surface area contributed by atoms with Crippen molar-refractivity contribution in [3.8, 4) is 0 Å². The van der Waals surface area contributed by atoms with Crippen LogP contribution in [0, 0.1) is 5.92 Å². The number of cyclic esters (lactones) is 1. The summed E-state index contributed by atoms with van der Waals surface area (Å²) in [5.74, 6) is 0.375. The lowest BCUT2D eigenvalue weighted by Crippen LogP contribution is -2.51. The number of hydrogen-bond acceptors (Lipinski definition) is 6. The third-order valence-corrected chi connectivity index (χ3v) is 5.89. The highest BCUT2D eigenvalue weighted by Gasteiger charge is 2.41. The zero-order valence-corrected chi connectivity index (χ0v) is 15.6. The average Bonchev–Trinajstić information content (AvgIpc) is 3.32. The van der Waals surface area contributed by atoms with E-state index in [2.05, 4.69) is 24.2 Å². The molecule has 2 aromatic rings. The van der Waals surface area contributed by atoms with Gasteiger partial charge < -0.3 is 9.64 Å². The Balaban J connectivity index is 1.42. The van der Waals surface area contributed by atoms with Crippen LogP contribution in [-0.4, -0.2) is 63.9 Å². The van der Waals surface area contributed by atoms with Gasteiger partial charge in [-0.3, -0.25) is 9.69 Å². The van der Waals surface area contributed by atoms with Crippen molar-refractivity contribution in [3.63, 3.8) is 0 Å². The van der Waals surface area contributed by atoms with Gasteiger partial charge in [0.05, 0.1) is 6.04 Å². The molecule has 2 unspecified atom stereocenters. The fourth-order valence-corrected chi connectivity index (χ4v) is 4.02. The molecular weight excluding hydrogens is 348 g/mol. The zero-order chi connectivity index (χ0) is 19.0. The number of rotatable bonds is 4. The number of piperidine rings is 1. The normalized spacial score (nSPS) is 22.3. The summed E-state index contributed by atoms with van der Waals surface area (Å²) in [6, 6.07) is 5.46. The van der Waals surface area contributed by atoms with E-state index in [1.54, 1.807) is 18.2 Å². The third-order valence-electron chi connectivity index (χ3n) is 5.89. The molecule has 0 spiro atoms. The van der Waals surface area contributed by atoms with Gasteiger partial charge in [0.2, 0.25) is 0 Å². The Morgan fingerprint density at radius 2 is 2.00 bits per heavy atom. The van der Waals surface area contributed by atoms with Crippen LogP contribution >= 0.6 is 0 Å². The van der Waals surface area contributed by atoms with Crippen molar-refractivity contribution in [1.82, 2.24) is 20.1 Å². The molecule has 27 heavy (non-hydrogen) atoms. The molecule has 0 radical (unpaired) electrons. The van der Waals surface area contributed by atoms with Crippen LogP contribution in [0.3, 0.4) is 0 Å². The Kier molecular flexibility index (Phi) is 4.72. The summed E-state index contributed by atoms with van der Waals surface area (Å²) in [4.78, 5) is 28.8. The molecule has 2 aliphatic rings. The first-order chi connectivity index (χ1) is 13.1. The van der Waals surface area contributed by atoms with E-state index < -0.39 is 0 Å². The molecule has 2 amide bonds. The summed E-state index contributed by atoms with van der Waals surface area (Å²) < 4.78 is 10.0. The number of carbonyl (C=O) groups is 2. The summed E-state index contributed by atoms with van der Waals surface area (Å²) in [5, 5.41) is 7.56. The minimum Gasteiger partial charge on any atom is -0.447 e. The smallest absolute Gasteiger partial charge is 0.410 e. The van der Waals surface area contributed by atoms with Crippen LogP contribution in [0.2, 0.25) is 0 Å². The summed E-state index contributed by atoms with van der Waals surface area (Å²) in [7, 11) is 0. The number of aromatic nitrogens is 2. The van der Waals surface area contributed by atoms with Crippen LogP contribution < -0.4 is 0 Å². The van der Waals surface area contributed by atoms with Gasteiger partial charge in [-0.1, -0.05) is 20.3 Å². The first kappa shape index (κ1) is 17.8. The molecule has 3 heterocycles. The van der Waals surface area contributed by atoms with Crippen molar-refractivity contribution in [2.75, 3.05) is 19.7 Å². The van der Waals surface area contributed by atoms with Crippen LogP contribution in [0.4, 0.5) is 4.79 Å². The van der Waals surface area contributed by atoms with E-state index in [0.717, 1.165) is 19.3 Å². The lowest BCUT2D eigenvalue weighted by Gasteiger charge is -2.39. The van der Waals surface area contributed by atoms with Crippen molar-refractivity contribution >= 4 is 23.0 Å².